The normalized spacial score (nSPS) is 14.2. The van der Waals surface area contributed by atoms with Crippen molar-refractivity contribution in [2.75, 3.05) is 24.6 Å². The molecule has 0 amide bonds. The standard InChI is InChI=1S/C28H32N2O3/c1-3-32-27(31)19-22-15-17-30(18-16-22)25-12-10-24(11-13-25)26-14-9-21(2)29-28(26)33-20-23-7-5-4-6-8-23/h4-14,22H,3,15-20H2,1-2H3. The van der Waals surface area contributed by atoms with E-state index in [4.69, 9.17) is 9.47 Å². The predicted octanol–water partition coefficient (Wildman–Crippen LogP) is 5.81. The second-order valence-electron chi connectivity index (χ2n) is 8.57. The van der Waals surface area contributed by atoms with Crippen molar-refractivity contribution in [2.45, 2.75) is 39.7 Å². The van der Waals surface area contributed by atoms with Crippen LogP contribution in [-0.4, -0.2) is 30.6 Å². The van der Waals surface area contributed by atoms with Crippen LogP contribution in [0.4, 0.5) is 5.69 Å². The number of pyridine rings is 1. The summed E-state index contributed by atoms with van der Waals surface area (Å²) in [4.78, 5) is 18.8. The zero-order valence-corrected chi connectivity index (χ0v) is 19.5. The molecule has 2 heterocycles. The molecule has 0 bridgehead atoms. The Morgan fingerprint density at radius 1 is 1.00 bits per heavy atom. The van der Waals surface area contributed by atoms with Gasteiger partial charge in [0.1, 0.15) is 6.61 Å². The Morgan fingerprint density at radius 3 is 2.42 bits per heavy atom. The fourth-order valence-corrected chi connectivity index (χ4v) is 4.29. The molecule has 0 radical (unpaired) electrons. The first-order chi connectivity index (χ1) is 16.1. The van der Waals surface area contributed by atoms with Crippen molar-refractivity contribution in [3.8, 4) is 17.0 Å². The summed E-state index contributed by atoms with van der Waals surface area (Å²) < 4.78 is 11.2. The Bertz CT molecular complexity index is 1040. The number of rotatable bonds is 8. The minimum atomic E-state index is -0.0719. The fourth-order valence-electron chi connectivity index (χ4n) is 4.29. The van der Waals surface area contributed by atoms with E-state index in [1.807, 2.05) is 38.1 Å². The van der Waals surface area contributed by atoms with Gasteiger partial charge < -0.3 is 14.4 Å². The summed E-state index contributed by atoms with van der Waals surface area (Å²) >= 11 is 0. The number of aryl methyl sites for hydroxylation is 1. The van der Waals surface area contributed by atoms with Crippen LogP contribution < -0.4 is 9.64 Å². The third-order valence-corrected chi connectivity index (χ3v) is 6.14. The monoisotopic (exact) mass is 444 g/mol. The summed E-state index contributed by atoms with van der Waals surface area (Å²) in [5.41, 5.74) is 5.35. The van der Waals surface area contributed by atoms with E-state index in [0.29, 0.717) is 31.4 Å². The molecule has 0 atom stereocenters. The van der Waals surface area contributed by atoms with Gasteiger partial charge in [-0.1, -0.05) is 42.5 Å². The van der Waals surface area contributed by atoms with Gasteiger partial charge in [0.2, 0.25) is 5.88 Å². The lowest BCUT2D eigenvalue weighted by molar-refractivity contribution is -0.144. The highest BCUT2D eigenvalue weighted by atomic mass is 16.5. The molecule has 4 rings (SSSR count). The molecule has 1 aliphatic heterocycles. The van der Waals surface area contributed by atoms with E-state index in [1.54, 1.807) is 0 Å². The maximum Gasteiger partial charge on any atom is 0.306 e. The van der Waals surface area contributed by atoms with Crippen LogP contribution in [0, 0.1) is 12.8 Å². The van der Waals surface area contributed by atoms with Gasteiger partial charge in [-0.05, 0) is 68.0 Å². The van der Waals surface area contributed by atoms with E-state index in [2.05, 4.69) is 52.3 Å². The van der Waals surface area contributed by atoms with Crippen LogP contribution in [0.5, 0.6) is 5.88 Å². The Labute approximate surface area is 196 Å². The van der Waals surface area contributed by atoms with Crippen LogP contribution in [0.3, 0.4) is 0 Å². The van der Waals surface area contributed by atoms with Crippen LogP contribution in [-0.2, 0) is 16.1 Å². The molecule has 0 unspecified atom stereocenters. The van der Waals surface area contributed by atoms with Crippen molar-refractivity contribution in [2.24, 2.45) is 5.92 Å². The van der Waals surface area contributed by atoms with Crippen LogP contribution in [0.15, 0.2) is 66.7 Å². The van der Waals surface area contributed by atoms with Crippen molar-refractivity contribution in [3.05, 3.63) is 78.0 Å². The van der Waals surface area contributed by atoms with E-state index in [9.17, 15) is 4.79 Å². The van der Waals surface area contributed by atoms with E-state index < -0.39 is 0 Å². The quantitative estimate of drug-likeness (QED) is 0.411. The minimum absolute atomic E-state index is 0.0719. The van der Waals surface area contributed by atoms with Gasteiger partial charge in [0, 0.05) is 36.5 Å². The summed E-state index contributed by atoms with van der Waals surface area (Å²) in [6.07, 6.45) is 2.56. The molecular formula is C28H32N2O3. The van der Waals surface area contributed by atoms with Gasteiger partial charge in [0.15, 0.2) is 0 Å². The summed E-state index contributed by atoms with van der Waals surface area (Å²) in [7, 11) is 0. The van der Waals surface area contributed by atoms with Gasteiger partial charge >= 0.3 is 5.97 Å². The Hall–Kier alpha value is -3.34. The molecule has 5 heteroatoms. The van der Waals surface area contributed by atoms with Crippen LogP contribution >= 0.6 is 0 Å². The maximum atomic E-state index is 11.8. The number of esters is 1. The topological polar surface area (TPSA) is 51.7 Å². The third-order valence-electron chi connectivity index (χ3n) is 6.14. The minimum Gasteiger partial charge on any atom is -0.472 e. The predicted molar refractivity (Wildman–Crippen MR) is 131 cm³/mol. The number of nitrogens with zero attached hydrogens (tertiary/aromatic N) is 2. The second-order valence-corrected chi connectivity index (χ2v) is 8.57. The SMILES string of the molecule is CCOC(=O)CC1CCN(c2ccc(-c3ccc(C)nc3OCc3ccccc3)cc2)CC1. The average Bonchev–Trinajstić information content (AvgIpc) is 2.84. The third kappa shape index (κ3) is 6.13. The molecule has 1 aromatic heterocycles. The summed E-state index contributed by atoms with van der Waals surface area (Å²) in [5, 5.41) is 0. The molecule has 0 saturated carbocycles. The molecule has 1 fully saturated rings. The first-order valence-corrected chi connectivity index (χ1v) is 11.8. The van der Waals surface area contributed by atoms with Gasteiger partial charge in [-0.15, -0.1) is 0 Å². The largest absolute Gasteiger partial charge is 0.472 e. The Morgan fingerprint density at radius 2 is 1.73 bits per heavy atom. The highest BCUT2D eigenvalue weighted by Crippen LogP contribution is 2.32. The zero-order valence-electron chi connectivity index (χ0n) is 19.5. The molecule has 1 saturated heterocycles. The van der Waals surface area contributed by atoms with Gasteiger partial charge in [0.05, 0.1) is 6.61 Å². The van der Waals surface area contributed by atoms with Crippen LogP contribution in [0.1, 0.15) is 37.4 Å². The molecule has 5 nitrogen and oxygen atoms in total. The lowest BCUT2D eigenvalue weighted by Gasteiger charge is -2.33. The first kappa shape index (κ1) is 22.8. The van der Waals surface area contributed by atoms with Gasteiger partial charge in [-0.25, -0.2) is 4.98 Å². The van der Waals surface area contributed by atoms with Crippen molar-refractivity contribution < 1.29 is 14.3 Å². The van der Waals surface area contributed by atoms with Crippen LogP contribution in [0.25, 0.3) is 11.1 Å². The maximum absolute atomic E-state index is 11.8. The molecule has 33 heavy (non-hydrogen) atoms. The highest BCUT2D eigenvalue weighted by molar-refractivity contribution is 5.71. The van der Waals surface area contributed by atoms with Crippen molar-refractivity contribution in [1.29, 1.82) is 0 Å². The number of hydrogen-bond acceptors (Lipinski definition) is 5. The lowest BCUT2D eigenvalue weighted by Crippen LogP contribution is -2.34. The van der Waals surface area contributed by atoms with Gasteiger partial charge in [-0.2, -0.15) is 0 Å². The molecular weight excluding hydrogens is 412 g/mol. The van der Waals surface area contributed by atoms with Crippen molar-refractivity contribution in [1.82, 2.24) is 4.98 Å². The smallest absolute Gasteiger partial charge is 0.306 e. The Balaban J connectivity index is 1.41. The van der Waals surface area contributed by atoms with Crippen LogP contribution in [0.2, 0.25) is 0 Å². The van der Waals surface area contributed by atoms with E-state index in [-0.39, 0.29) is 5.97 Å². The number of anilines is 1. The number of benzene rings is 2. The number of aromatic nitrogens is 1. The van der Waals surface area contributed by atoms with Gasteiger partial charge in [0.25, 0.3) is 0 Å². The number of ether oxygens (including phenoxy) is 2. The lowest BCUT2D eigenvalue weighted by atomic mass is 9.93. The summed E-state index contributed by atoms with van der Waals surface area (Å²) in [6, 6.07) is 22.9. The summed E-state index contributed by atoms with van der Waals surface area (Å²) in [5.74, 6) is 1.01. The fraction of sp³-hybridized carbons (Fsp3) is 0.357. The molecule has 3 aromatic rings. The van der Waals surface area contributed by atoms with Gasteiger partial charge in [-0.3, -0.25) is 4.79 Å². The summed E-state index contributed by atoms with van der Waals surface area (Å²) in [6.45, 7) is 6.70. The second kappa shape index (κ2) is 11.0. The van der Waals surface area contributed by atoms with E-state index >= 15 is 0 Å². The number of hydrogen-bond donors (Lipinski definition) is 0. The Kier molecular flexibility index (Phi) is 7.61. The van der Waals surface area contributed by atoms with E-state index in [1.165, 1.54) is 5.69 Å². The number of carbonyl (C=O) groups excluding carboxylic acids is 1. The first-order valence-electron chi connectivity index (χ1n) is 11.8. The molecule has 0 aliphatic carbocycles. The molecule has 1 aliphatic rings. The van der Waals surface area contributed by atoms with E-state index in [0.717, 1.165) is 48.3 Å². The highest BCUT2D eigenvalue weighted by Gasteiger charge is 2.22. The number of piperidine rings is 1. The molecule has 0 N–H and O–H groups in total. The van der Waals surface area contributed by atoms with Crippen molar-refractivity contribution in [3.63, 3.8) is 0 Å². The molecule has 2 aromatic carbocycles. The molecule has 0 spiro atoms. The zero-order chi connectivity index (χ0) is 23.0. The van der Waals surface area contributed by atoms with Crippen molar-refractivity contribution >= 4 is 11.7 Å². The molecule has 172 valence electrons. The number of carbonyl (C=O) groups is 1. The average molecular weight is 445 g/mol.